The number of hydrogen-bond donors (Lipinski definition) is 1. The highest BCUT2D eigenvalue weighted by Gasteiger charge is 2.25. The van der Waals surface area contributed by atoms with Crippen molar-refractivity contribution < 1.29 is 13.2 Å². The van der Waals surface area contributed by atoms with Gasteiger partial charge in [-0.3, -0.25) is 4.79 Å². The van der Waals surface area contributed by atoms with Gasteiger partial charge in [0.15, 0.2) is 9.84 Å². The normalized spacial score (nSPS) is 11.5. The Labute approximate surface area is 147 Å². The van der Waals surface area contributed by atoms with Gasteiger partial charge in [0, 0.05) is 11.4 Å². The van der Waals surface area contributed by atoms with E-state index in [0.717, 1.165) is 5.75 Å². The first-order valence-corrected chi connectivity index (χ1v) is 10.5. The SMILES string of the molecule is CSCc1ccc(NC(=O)c2ccccc2S(=O)(=O)C(C)C)cc1. The zero-order valence-electron chi connectivity index (χ0n) is 13.9. The number of sulfone groups is 1. The Hall–Kier alpha value is -1.79. The molecule has 0 saturated heterocycles. The molecular weight excluding hydrogens is 342 g/mol. The van der Waals surface area contributed by atoms with Gasteiger partial charge in [-0.1, -0.05) is 24.3 Å². The van der Waals surface area contributed by atoms with E-state index in [9.17, 15) is 13.2 Å². The van der Waals surface area contributed by atoms with Crippen molar-refractivity contribution in [3.05, 3.63) is 59.7 Å². The molecule has 0 heterocycles. The van der Waals surface area contributed by atoms with E-state index in [-0.39, 0.29) is 10.5 Å². The van der Waals surface area contributed by atoms with E-state index in [1.165, 1.54) is 17.7 Å². The quantitative estimate of drug-likeness (QED) is 0.843. The third kappa shape index (κ3) is 4.19. The summed E-state index contributed by atoms with van der Waals surface area (Å²) in [6, 6.07) is 13.8. The average molecular weight is 364 g/mol. The molecule has 0 saturated carbocycles. The molecular formula is C18H21NO3S2. The Morgan fingerprint density at radius 1 is 1.08 bits per heavy atom. The highest BCUT2D eigenvalue weighted by molar-refractivity contribution is 7.97. The highest BCUT2D eigenvalue weighted by atomic mass is 32.2. The maximum absolute atomic E-state index is 12.5. The Morgan fingerprint density at radius 2 is 1.71 bits per heavy atom. The molecule has 0 aromatic heterocycles. The van der Waals surface area contributed by atoms with E-state index in [1.54, 1.807) is 37.7 Å². The molecule has 0 spiro atoms. The monoisotopic (exact) mass is 363 g/mol. The van der Waals surface area contributed by atoms with Gasteiger partial charge in [0.1, 0.15) is 0 Å². The fourth-order valence-corrected chi connectivity index (χ4v) is 3.97. The lowest BCUT2D eigenvalue weighted by molar-refractivity contribution is 0.102. The molecule has 0 aliphatic heterocycles. The predicted molar refractivity (Wildman–Crippen MR) is 100 cm³/mol. The van der Waals surface area contributed by atoms with E-state index in [0.29, 0.717) is 5.69 Å². The van der Waals surface area contributed by atoms with Crippen LogP contribution < -0.4 is 5.32 Å². The van der Waals surface area contributed by atoms with Crippen LogP contribution in [0.4, 0.5) is 5.69 Å². The van der Waals surface area contributed by atoms with E-state index in [4.69, 9.17) is 0 Å². The van der Waals surface area contributed by atoms with E-state index < -0.39 is 21.0 Å². The molecule has 6 heteroatoms. The van der Waals surface area contributed by atoms with Crippen molar-refractivity contribution >= 4 is 33.2 Å². The summed E-state index contributed by atoms with van der Waals surface area (Å²) in [5.41, 5.74) is 1.98. The predicted octanol–water partition coefficient (Wildman–Crippen LogP) is 3.98. The summed E-state index contributed by atoms with van der Waals surface area (Å²) in [4.78, 5) is 12.6. The van der Waals surface area contributed by atoms with Gasteiger partial charge in [-0.05, 0) is 49.9 Å². The second kappa shape index (κ2) is 7.85. The minimum Gasteiger partial charge on any atom is -0.322 e. The van der Waals surface area contributed by atoms with Crippen molar-refractivity contribution in [2.24, 2.45) is 0 Å². The van der Waals surface area contributed by atoms with Crippen LogP contribution in [0.15, 0.2) is 53.4 Å². The number of carbonyl (C=O) groups excluding carboxylic acids is 1. The molecule has 1 amide bonds. The smallest absolute Gasteiger partial charge is 0.256 e. The molecule has 0 fully saturated rings. The molecule has 4 nitrogen and oxygen atoms in total. The van der Waals surface area contributed by atoms with Crippen LogP contribution in [0.3, 0.4) is 0 Å². The molecule has 0 aliphatic rings. The summed E-state index contributed by atoms with van der Waals surface area (Å²) < 4.78 is 24.9. The van der Waals surface area contributed by atoms with Gasteiger partial charge in [0.25, 0.3) is 5.91 Å². The summed E-state index contributed by atoms with van der Waals surface area (Å²) in [5.74, 6) is 0.483. The molecule has 2 aromatic rings. The van der Waals surface area contributed by atoms with Crippen molar-refractivity contribution in [2.45, 2.75) is 29.7 Å². The van der Waals surface area contributed by atoms with Gasteiger partial charge < -0.3 is 5.32 Å². The first-order chi connectivity index (χ1) is 11.4. The lowest BCUT2D eigenvalue weighted by atomic mass is 10.2. The van der Waals surface area contributed by atoms with Gasteiger partial charge in [-0.2, -0.15) is 11.8 Å². The van der Waals surface area contributed by atoms with Gasteiger partial charge in [-0.25, -0.2) is 8.42 Å². The van der Waals surface area contributed by atoms with Crippen LogP contribution in [0.1, 0.15) is 29.8 Å². The van der Waals surface area contributed by atoms with Crippen LogP contribution in [0, 0.1) is 0 Å². The number of benzene rings is 2. The second-order valence-corrected chi connectivity index (χ2v) is 9.01. The molecule has 2 aromatic carbocycles. The lowest BCUT2D eigenvalue weighted by Gasteiger charge is -2.13. The number of amides is 1. The maximum Gasteiger partial charge on any atom is 0.256 e. The van der Waals surface area contributed by atoms with Gasteiger partial charge in [0.2, 0.25) is 0 Å². The lowest BCUT2D eigenvalue weighted by Crippen LogP contribution is -2.20. The number of anilines is 1. The first kappa shape index (κ1) is 18.5. The van der Waals surface area contributed by atoms with Gasteiger partial charge in [0.05, 0.1) is 15.7 Å². The summed E-state index contributed by atoms with van der Waals surface area (Å²) in [6.45, 7) is 3.21. The number of thioether (sulfide) groups is 1. The fourth-order valence-electron chi connectivity index (χ4n) is 2.21. The van der Waals surface area contributed by atoms with Crippen molar-refractivity contribution in [2.75, 3.05) is 11.6 Å². The van der Waals surface area contributed by atoms with Crippen molar-refractivity contribution in [1.82, 2.24) is 0 Å². The topological polar surface area (TPSA) is 63.2 Å². The Balaban J connectivity index is 2.28. The van der Waals surface area contributed by atoms with E-state index >= 15 is 0 Å². The Kier molecular flexibility index (Phi) is 6.07. The summed E-state index contributed by atoms with van der Waals surface area (Å²) >= 11 is 1.72. The van der Waals surface area contributed by atoms with E-state index in [1.807, 2.05) is 30.5 Å². The van der Waals surface area contributed by atoms with Crippen LogP contribution >= 0.6 is 11.8 Å². The van der Waals surface area contributed by atoms with Gasteiger partial charge >= 0.3 is 0 Å². The van der Waals surface area contributed by atoms with Crippen LogP contribution in [0.2, 0.25) is 0 Å². The maximum atomic E-state index is 12.5. The van der Waals surface area contributed by atoms with Crippen LogP contribution in [0.25, 0.3) is 0 Å². The third-order valence-corrected chi connectivity index (χ3v) is 6.41. The molecule has 0 radical (unpaired) electrons. The second-order valence-electron chi connectivity index (χ2n) is 5.67. The number of carbonyl (C=O) groups is 1. The molecule has 0 atom stereocenters. The number of hydrogen-bond acceptors (Lipinski definition) is 4. The van der Waals surface area contributed by atoms with Crippen molar-refractivity contribution in [1.29, 1.82) is 0 Å². The molecule has 0 unspecified atom stereocenters. The molecule has 1 N–H and O–H groups in total. The van der Waals surface area contributed by atoms with E-state index in [2.05, 4.69) is 5.32 Å². The summed E-state index contributed by atoms with van der Waals surface area (Å²) in [5, 5.41) is 2.18. The fraction of sp³-hybridized carbons (Fsp3) is 0.278. The van der Waals surface area contributed by atoms with Crippen molar-refractivity contribution in [3.8, 4) is 0 Å². The summed E-state index contributed by atoms with van der Waals surface area (Å²) in [6.07, 6.45) is 2.03. The van der Waals surface area contributed by atoms with Crippen LogP contribution in [0.5, 0.6) is 0 Å². The molecule has 0 aliphatic carbocycles. The zero-order valence-corrected chi connectivity index (χ0v) is 15.6. The number of rotatable bonds is 6. The molecule has 128 valence electrons. The molecule has 0 bridgehead atoms. The minimum absolute atomic E-state index is 0.0662. The zero-order chi connectivity index (χ0) is 17.7. The van der Waals surface area contributed by atoms with Crippen LogP contribution in [-0.4, -0.2) is 25.8 Å². The van der Waals surface area contributed by atoms with Crippen molar-refractivity contribution in [3.63, 3.8) is 0 Å². The molecule has 2 rings (SSSR count). The third-order valence-electron chi connectivity index (χ3n) is 3.58. The number of nitrogens with one attached hydrogen (secondary N) is 1. The molecule has 24 heavy (non-hydrogen) atoms. The Bertz CT molecular complexity index is 812. The average Bonchev–Trinajstić information content (AvgIpc) is 2.56. The highest BCUT2D eigenvalue weighted by Crippen LogP contribution is 2.22. The standard InChI is InChI=1S/C18H21NO3S2/c1-13(2)24(21,22)17-7-5-4-6-16(17)18(20)19-15-10-8-14(9-11-15)12-23-3/h4-11,13H,12H2,1-3H3,(H,19,20). The minimum atomic E-state index is -3.52. The largest absolute Gasteiger partial charge is 0.322 e. The van der Waals surface area contributed by atoms with Crippen LogP contribution in [-0.2, 0) is 15.6 Å². The van der Waals surface area contributed by atoms with Gasteiger partial charge in [-0.15, -0.1) is 0 Å². The first-order valence-electron chi connectivity index (χ1n) is 7.58. The summed E-state index contributed by atoms with van der Waals surface area (Å²) in [7, 11) is -3.52. The Morgan fingerprint density at radius 3 is 2.29 bits per heavy atom.